The molecule has 3 aromatic rings. The van der Waals surface area contributed by atoms with Gasteiger partial charge in [-0.15, -0.1) is 11.3 Å². The first kappa shape index (κ1) is 14.4. The second kappa shape index (κ2) is 6.49. The van der Waals surface area contributed by atoms with Crippen molar-refractivity contribution < 1.29 is 3.79 Å². The second-order valence-electron chi connectivity index (χ2n) is 4.81. The molecule has 3 nitrogen and oxygen atoms in total. The highest BCUT2D eigenvalue weighted by atomic mass is 32.1. The number of hydrogen-bond acceptors (Lipinski definition) is 3. The van der Waals surface area contributed by atoms with Crippen LogP contribution in [0.25, 0.3) is 5.69 Å². The predicted molar refractivity (Wildman–Crippen MR) is 86.4 cm³/mol. The third-order valence-corrected chi connectivity index (χ3v) is 4.78. The molecule has 0 atom stereocenters. The molecule has 0 saturated heterocycles. The number of hydrogen-bond donors (Lipinski definition) is 0. The van der Waals surface area contributed by atoms with Crippen molar-refractivity contribution in [3.05, 3.63) is 64.1 Å². The average Bonchev–Trinajstić information content (AvgIpc) is 3.13. The second-order valence-corrected chi connectivity index (χ2v) is 6.36. The van der Waals surface area contributed by atoms with Gasteiger partial charge in [0.25, 0.3) is 0 Å². The van der Waals surface area contributed by atoms with E-state index in [1.54, 1.807) is 17.5 Å². The Kier molecular flexibility index (Phi) is 4.45. The SMILES string of the molecule is Cc1sc(CCc2ccccc2)c([O][Al])c1-n1cccn1. The van der Waals surface area contributed by atoms with Crippen molar-refractivity contribution in [3.63, 3.8) is 0 Å². The quantitative estimate of drug-likeness (QED) is 0.675. The predicted octanol–water partition coefficient (Wildman–Crippen LogP) is 3.49. The minimum atomic E-state index is 0.919. The molecule has 0 spiro atoms. The van der Waals surface area contributed by atoms with Crippen LogP contribution in [-0.2, 0) is 12.8 Å². The largest absolute Gasteiger partial charge is 0.651 e. The summed E-state index contributed by atoms with van der Waals surface area (Å²) < 4.78 is 7.45. The third kappa shape index (κ3) is 3.06. The molecular weight excluding hydrogens is 295 g/mol. The van der Waals surface area contributed by atoms with Gasteiger partial charge in [-0.3, -0.25) is 0 Å². The molecule has 5 heteroatoms. The molecule has 1 aromatic carbocycles. The molecule has 0 N–H and O–H groups in total. The van der Waals surface area contributed by atoms with Crippen molar-refractivity contribution in [2.75, 3.05) is 0 Å². The lowest BCUT2D eigenvalue weighted by atomic mass is 10.1. The lowest BCUT2D eigenvalue weighted by molar-refractivity contribution is 0.599. The average molecular weight is 310 g/mol. The van der Waals surface area contributed by atoms with Gasteiger partial charge in [0.2, 0.25) is 0 Å². The topological polar surface area (TPSA) is 27.1 Å². The number of benzene rings is 1. The lowest BCUT2D eigenvalue weighted by Crippen LogP contribution is -1.99. The van der Waals surface area contributed by atoms with E-state index in [9.17, 15) is 0 Å². The van der Waals surface area contributed by atoms with Crippen LogP contribution in [0.2, 0.25) is 0 Å². The van der Waals surface area contributed by atoms with Crippen molar-refractivity contribution in [2.45, 2.75) is 19.8 Å². The van der Waals surface area contributed by atoms with E-state index in [2.05, 4.69) is 52.9 Å². The molecule has 2 aromatic heterocycles. The lowest BCUT2D eigenvalue weighted by Gasteiger charge is -2.09. The Hall–Kier alpha value is -1.54. The van der Waals surface area contributed by atoms with Crippen LogP contribution in [-0.4, -0.2) is 26.4 Å². The van der Waals surface area contributed by atoms with Crippen molar-refractivity contribution in [3.8, 4) is 11.4 Å². The van der Waals surface area contributed by atoms with Gasteiger partial charge in [-0.2, -0.15) is 5.10 Å². The van der Waals surface area contributed by atoms with E-state index in [0.29, 0.717) is 0 Å². The van der Waals surface area contributed by atoms with E-state index in [-0.39, 0.29) is 0 Å². The van der Waals surface area contributed by atoms with Crippen molar-refractivity contribution in [2.24, 2.45) is 0 Å². The standard InChI is InChI=1S/C16H16N2OS.Al/c1-12-15(18-11-5-10-17-18)16(19)14(20-12)9-8-13-6-3-2-4-7-13;/h2-7,10-11,19H,8-9H2,1H3;/q;+1/p-1. The Morgan fingerprint density at radius 1 is 1.19 bits per heavy atom. The highest BCUT2D eigenvalue weighted by molar-refractivity contribution is 7.12. The summed E-state index contributed by atoms with van der Waals surface area (Å²) in [5.41, 5.74) is 2.39. The van der Waals surface area contributed by atoms with Crippen LogP contribution in [0.1, 0.15) is 15.3 Å². The summed E-state index contributed by atoms with van der Waals surface area (Å²) in [6.45, 7) is 2.11. The summed E-state index contributed by atoms with van der Waals surface area (Å²) in [7, 11) is 0. The summed E-state index contributed by atoms with van der Waals surface area (Å²) in [4.78, 5) is 2.48. The molecule has 0 aliphatic heterocycles. The van der Waals surface area contributed by atoms with Crippen molar-refractivity contribution >= 4 is 28.0 Å². The van der Waals surface area contributed by atoms with Gasteiger partial charge in [-0.1, -0.05) is 30.3 Å². The fraction of sp³-hybridized carbons (Fsp3) is 0.188. The molecule has 21 heavy (non-hydrogen) atoms. The number of thiophene rings is 1. The zero-order chi connectivity index (χ0) is 14.7. The Morgan fingerprint density at radius 2 is 2.00 bits per heavy atom. The van der Waals surface area contributed by atoms with E-state index < -0.39 is 0 Å². The molecule has 0 aliphatic carbocycles. The molecular formula is C16H15AlN2OS. The minimum absolute atomic E-state index is 0.919. The zero-order valence-electron chi connectivity index (χ0n) is 11.8. The van der Waals surface area contributed by atoms with Gasteiger partial charge >= 0.3 is 16.6 Å². The van der Waals surface area contributed by atoms with Crippen LogP contribution in [0.4, 0.5) is 0 Å². The third-order valence-electron chi connectivity index (χ3n) is 3.41. The number of aryl methyl sites for hydroxylation is 3. The van der Waals surface area contributed by atoms with Crippen LogP contribution >= 0.6 is 11.3 Å². The summed E-state index contributed by atoms with van der Waals surface area (Å²) in [6, 6.07) is 12.5. The molecule has 2 radical (unpaired) electrons. The Morgan fingerprint density at radius 3 is 2.67 bits per heavy atom. The molecule has 0 aliphatic rings. The summed E-state index contributed by atoms with van der Waals surface area (Å²) in [6.07, 6.45) is 5.72. The van der Waals surface area contributed by atoms with E-state index in [1.165, 1.54) is 15.3 Å². The Labute approximate surface area is 137 Å². The highest BCUT2D eigenvalue weighted by Gasteiger charge is 2.17. The summed E-state index contributed by atoms with van der Waals surface area (Å²) in [5, 5.41) is 4.32. The van der Waals surface area contributed by atoms with Gasteiger partial charge in [-0.25, -0.2) is 4.68 Å². The fourth-order valence-electron chi connectivity index (χ4n) is 2.43. The van der Waals surface area contributed by atoms with Crippen molar-refractivity contribution in [1.82, 2.24) is 9.78 Å². The van der Waals surface area contributed by atoms with Gasteiger partial charge in [0.1, 0.15) is 11.4 Å². The normalized spacial score (nSPS) is 10.7. The summed E-state index contributed by atoms with van der Waals surface area (Å²) in [5.74, 6) is 0.919. The fourth-order valence-corrected chi connectivity index (χ4v) is 3.86. The first-order valence-corrected chi connectivity index (χ1v) is 8.11. The highest BCUT2D eigenvalue weighted by Crippen LogP contribution is 2.38. The van der Waals surface area contributed by atoms with Crippen LogP contribution in [0.3, 0.4) is 0 Å². The molecule has 3 rings (SSSR count). The van der Waals surface area contributed by atoms with Gasteiger partial charge in [0, 0.05) is 22.1 Å². The smallest absolute Gasteiger partial charge is 0.482 e. The van der Waals surface area contributed by atoms with E-state index >= 15 is 0 Å². The number of nitrogens with zero attached hydrogens (tertiary/aromatic N) is 2. The van der Waals surface area contributed by atoms with Gasteiger partial charge < -0.3 is 3.79 Å². The van der Waals surface area contributed by atoms with Gasteiger partial charge in [-0.05, 0) is 31.4 Å². The number of rotatable bonds is 5. The summed E-state index contributed by atoms with van der Waals surface area (Å²) >= 11 is 4.15. The van der Waals surface area contributed by atoms with Crippen LogP contribution in [0.5, 0.6) is 5.75 Å². The Balaban J connectivity index is 1.88. The molecule has 104 valence electrons. The van der Waals surface area contributed by atoms with E-state index in [1.807, 2.05) is 23.0 Å². The first-order chi connectivity index (χ1) is 10.3. The maximum absolute atomic E-state index is 5.58. The molecule has 0 saturated carbocycles. The van der Waals surface area contributed by atoms with Crippen LogP contribution < -0.4 is 3.79 Å². The maximum atomic E-state index is 5.58. The van der Waals surface area contributed by atoms with E-state index in [0.717, 1.165) is 24.3 Å². The first-order valence-electron chi connectivity index (χ1n) is 6.82. The van der Waals surface area contributed by atoms with Crippen LogP contribution in [0, 0.1) is 6.92 Å². The Bertz CT molecular complexity index is 707. The van der Waals surface area contributed by atoms with Crippen LogP contribution in [0.15, 0.2) is 48.8 Å². The monoisotopic (exact) mass is 310 g/mol. The van der Waals surface area contributed by atoms with E-state index in [4.69, 9.17) is 3.79 Å². The maximum Gasteiger partial charge on any atom is 0.482 e. The molecule has 0 bridgehead atoms. The number of aromatic nitrogens is 2. The molecule has 0 amide bonds. The molecule has 0 fully saturated rings. The molecule has 0 unspecified atom stereocenters. The zero-order valence-corrected chi connectivity index (χ0v) is 13.8. The van der Waals surface area contributed by atoms with Gasteiger partial charge in [0.05, 0.1) is 0 Å². The van der Waals surface area contributed by atoms with Crippen molar-refractivity contribution in [1.29, 1.82) is 0 Å². The molecule has 2 heterocycles. The minimum Gasteiger partial charge on any atom is -0.651 e. The van der Waals surface area contributed by atoms with Gasteiger partial charge in [0.15, 0.2) is 0 Å².